The van der Waals surface area contributed by atoms with Gasteiger partial charge in [-0.25, -0.2) is 13.8 Å². The van der Waals surface area contributed by atoms with Crippen molar-refractivity contribution in [1.29, 1.82) is 0 Å². The van der Waals surface area contributed by atoms with Crippen LogP contribution in [0.3, 0.4) is 0 Å². The average Bonchev–Trinajstić information content (AvgIpc) is 3.49. The number of nitrogens with zero attached hydrogens (tertiary/aromatic N) is 1. The van der Waals surface area contributed by atoms with Gasteiger partial charge in [0.2, 0.25) is 11.8 Å². The molecule has 4 atom stereocenters. The summed E-state index contributed by atoms with van der Waals surface area (Å²) in [6.45, 7) is 0.801. The van der Waals surface area contributed by atoms with Crippen LogP contribution in [-0.2, 0) is 44.6 Å². The Balaban J connectivity index is 1.80. The first-order chi connectivity index (χ1) is 23.1. The highest BCUT2D eigenvalue weighted by Crippen LogP contribution is 2.21. The number of carbonyl (C=O) groups is 4. The molecule has 18 heteroatoms. The summed E-state index contributed by atoms with van der Waals surface area (Å²) in [5.41, 5.74) is -2.04. The number of methoxy groups -OCH3 is 2. The zero-order chi connectivity index (χ0) is 36.4. The second kappa shape index (κ2) is 17.5. The summed E-state index contributed by atoms with van der Waals surface area (Å²) < 4.78 is 67.7. The minimum atomic E-state index is -4.90. The molecular formula is C31H36F2N4O10S2. The van der Waals surface area contributed by atoms with Gasteiger partial charge in [0.15, 0.2) is 5.78 Å². The van der Waals surface area contributed by atoms with Crippen molar-refractivity contribution in [2.24, 2.45) is 0 Å². The predicted molar refractivity (Wildman–Crippen MR) is 171 cm³/mol. The Kier molecular flexibility index (Phi) is 14.0. The minimum Gasteiger partial charge on any atom is -0.382 e. The maximum atomic E-state index is 14.2. The number of halogens is 2. The van der Waals surface area contributed by atoms with Crippen molar-refractivity contribution in [3.05, 3.63) is 81.8 Å². The molecule has 0 saturated carbocycles. The van der Waals surface area contributed by atoms with Gasteiger partial charge >= 0.3 is 0 Å². The van der Waals surface area contributed by atoms with Gasteiger partial charge in [-0.3, -0.25) is 23.4 Å². The molecule has 49 heavy (non-hydrogen) atoms. The number of thiazole rings is 1. The lowest BCUT2D eigenvalue weighted by molar-refractivity contribution is -0.143. The third kappa shape index (κ3) is 11.2. The summed E-state index contributed by atoms with van der Waals surface area (Å²) in [6.07, 6.45) is 1.16. The average molecular weight is 727 g/mol. The Morgan fingerprint density at radius 2 is 1.53 bits per heavy atom. The lowest BCUT2D eigenvalue weighted by Gasteiger charge is -2.29. The third-order valence-electron chi connectivity index (χ3n) is 6.87. The van der Waals surface area contributed by atoms with Crippen molar-refractivity contribution < 1.29 is 55.1 Å². The molecule has 0 aliphatic rings. The molecule has 3 aromatic rings. The van der Waals surface area contributed by atoms with Crippen molar-refractivity contribution in [2.45, 2.75) is 48.9 Å². The molecule has 3 amide bonds. The fourth-order valence-corrected chi connectivity index (χ4v) is 6.10. The van der Waals surface area contributed by atoms with Crippen molar-refractivity contribution >= 4 is 45.0 Å². The molecule has 1 heterocycles. The van der Waals surface area contributed by atoms with E-state index in [0.29, 0.717) is 28.8 Å². The Morgan fingerprint density at radius 1 is 0.939 bits per heavy atom. The minimum absolute atomic E-state index is 0.189. The molecule has 266 valence electrons. The van der Waals surface area contributed by atoms with E-state index in [4.69, 9.17) is 13.7 Å². The van der Waals surface area contributed by atoms with E-state index in [0.717, 1.165) is 18.3 Å². The van der Waals surface area contributed by atoms with Gasteiger partial charge < -0.3 is 30.5 Å². The van der Waals surface area contributed by atoms with Crippen molar-refractivity contribution in [3.8, 4) is 0 Å². The van der Waals surface area contributed by atoms with E-state index in [9.17, 15) is 41.5 Å². The van der Waals surface area contributed by atoms with Gasteiger partial charge in [0.05, 0.1) is 30.5 Å². The summed E-state index contributed by atoms with van der Waals surface area (Å²) in [6, 6.07) is 5.76. The quantitative estimate of drug-likeness (QED) is 0.137. The molecule has 0 aliphatic heterocycles. The number of benzene rings is 2. The van der Waals surface area contributed by atoms with Crippen LogP contribution >= 0.6 is 11.3 Å². The van der Waals surface area contributed by atoms with E-state index in [-0.39, 0.29) is 24.5 Å². The zero-order valence-electron chi connectivity index (χ0n) is 26.9. The second-order valence-corrected chi connectivity index (χ2v) is 13.7. The molecular weight excluding hydrogens is 690 g/mol. The number of nitrogens with one attached hydrogen (secondary N) is 3. The molecule has 3 rings (SSSR count). The van der Waals surface area contributed by atoms with Crippen molar-refractivity contribution in [2.75, 3.05) is 34.0 Å². The highest BCUT2D eigenvalue weighted by atomic mass is 32.2. The predicted octanol–water partition coefficient (Wildman–Crippen LogP) is 1.06. The molecule has 0 radical (unpaired) electrons. The molecule has 0 fully saturated rings. The zero-order valence-corrected chi connectivity index (χ0v) is 28.5. The first kappa shape index (κ1) is 39.2. The van der Waals surface area contributed by atoms with E-state index in [1.54, 1.807) is 37.3 Å². The van der Waals surface area contributed by atoms with Crippen LogP contribution in [0.25, 0.3) is 0 Å². The molecule has 0 saturated heterocycles. The van der Waals surface area contributed by atoms with Gasteiger partial charge in [0, 0.05) is 20.3 Å². The second-order valence-electron chi connectivity index (χ2n) is 10.9. The Hall–Kier alpha value is -4.20. The number of aromatic nitrogens is 1. The number of ketones is 1. The van der Waals surface area contributed by atoms with Gasteiger partial charge in [-0.2, -0.15) is 8.42 Å². The Bertz CT molecular complexity index is 1740. The van der Waals surface area contributed by atoms with Gasteiger partial charge in [0.1, 0.15) is 45.7 Å². The highest BCUT2D eigenvalue weighted by molar-refractivity contribution is 7.86. The number of aryl methyl sites for hydroxylation is 1. The summed E-state index contributed by atoms with van der Waals surface area (Å²) in [7, 11) is -2.34. The lowest BCUT2D eigenvalue weighted by Crippen LogP contribution is -2.60. The summed E-state index contributed by atoms with van der Waals surface area (Å²) in [5.74, 6) is -5.92. The Morgan fingerprint density at radius 3 is 2.08 bits per heavy atom. The molecule has 14 nitrogen and oxygen atoms in total. The maximum Gasteiger partial charge on any atom is 0.300 e. The van der Waals surface area contributed by atoms with Crippen LogP contribution in [0.15, 0.2) is 59.6 Å². The molecule has 0 spiro atoms. The topological polar surface area (TPSA) is 199 Å². The van der Waals surface area contributed by atoms with Crippen LogP contribution in [0.1, 0.15) is 27.2 Å². The van der Waals surface area contributed by atoms with Crippen LogP contribution in [0.5, 0.6) is 0 Å². The molecule has 0 aliphatic carbocycles. The molecule has 1 aromatic heterocycles. The van der Waals surface area contributed by atoms with E-state index >= 15 is 0 Å². The van der Waals surface area contributed by atoms with Crippen molar-refractivity contribution in [1.82, 2.24) is 20.9 Å². The fraction of sp³-hybridized carbons (Fsp3) is 0.387. The number of aliphatic hydroxyl groups is 1. The molecule has 0 unspecified atom stereocenters. The number of hydrogen-bond donors (Lipinski definition) is 4. The van der Waals surface area contributed by atoms with Gasteiger partial charge in [0.25, 0.3) is 16.0 Å². The van der Waals surface area contributed by atoms with Gasteiger partial charge in [-0.05, 0) is 38.0 Å². The normalized spacial score (nSPS) is 14.6. The molecule has 2 aromatic carbocycles. The van der Waals surface area contributed by atoms with Gasteiger partial charge in [-0.1, -0.05) is 30.3 Å². The first-order valence-electron chi connectivity index (χ1n) is 14.5. The fourth-order valence-electron chi connectivity index (χ4n) is 4.38. The van der Waals surface area contributed by atoms with E-state index in [1.807, 2.05) is 0 Å². The van der Waals surface area contributed by atoms with E-state index in [1.165, 1.54) is 20.4 Å². The molecule has 0 bridgehead atoms. The summed E-state index contributed by atoms with van der Waals surface area (Å²) in [4.78, 5) is 56.3. The van der Waals surface area contributed by atoms with Crippen LogP contribution in [0.4, 0.5) is 8.78 Å². The standard InChI is InChI=1S/C31H36F2N4O10S2/c1-18-34-14-25(48-18)30(41)37-24(16-46-4)29(40)36-23(15-45-3)28(39)35-22(12-19-8-6-5-7-9-19)27(38)31(2,42)17-47-49(43,44)26-11-10-20(32)13-21(26)33/h5-11,13-14,22-24,42H,12,15-17H2,1-4H3,(H,35,39)(H,36,40)(H,37,41)/t22-,23-,24-,31+/m0/s1. The summed E-state index contributed by atoms with van der Waals surface area (Å²) in [5, 5.41) is 19.1. The number of hydrogen-bond acceptors (Lipinski definition) is 12. The van der Waals surface area contributed by atoms with E-state index < -0.39 is 80.5 Å². The van der Waals surface area contributed by atoms with Crippen LogP contribution < -0.4 is 16.0 Å². The monoisotopic (exact) mass is 726 g/mol. The third-order valence-corrected chi connectivity index (χ3v) is 9.08. The Labute approximate surface area is 285 Å². The number of amides is 3. The smallest absolute Gasteiger partial charge is 0.300 e. The SMILES string of the molecule is COC[C@H](NC(=O)c1cnc(C)s1)C(=O)N[C@@H](COC)C(=O)N[C@@H](Cc1ccccc1)C(=O)[C@](C)(O)COS(=O)(=O)c1ccc(F)cc1F. The van der Waals surface area contributed by atoms with Crippen molar-refractivity contribution in [3.63, 3.8) is 0 Å². The van der Waals surface area contributed by atoms with Crippen LogP contribution in [0.2, 0.25) is 0 Å². The van der Waals surface area contributed by atoms with Crippen LogP contribution in [0, 0.1) is 18.6 Å². The number of ether oxygens (including phenoxy) is 2. The maximum absolute atomic E-state index is 14.2. The number of Topliss-reactive ketones (excluding diaryl/α,β-unsaturated/α-hetero) is 1. The lowest BCUT2D eigenvalue weighted by atomic mass is 9.91. The first-order valence-corrected chi connectivity index (χ1v) is 16.8. The molecule has 4 N–H and O–H groups in total. The highest BCUT2D eigenvalue weighted by Gasteiger charge is 2.40. The summed E-state index contributed by atoms with van der Waals surface area (Å²) >= 11 is 1.11. The number of carbonyl (C=O) groups excluding carboxylic acids is 4. The largest absolute Gasteiger partial charge is 0.382 e. The van der Waals surface area contributed by atoms with Crippen LogP contribution in [-0.4, -0.2) is 99.8 Å². The van der Waals surface area contributed by atoms with E-state index in [2.05, 4.69) is 20.9 Å². The number of rotatable bonds is 18. The van der Waals surface area contributed by atoms with Gasteiger partial charge in [-0.15, -0.1) is 11.3 Å².